The molecule has 0 aromatic carbocycles. The predicted molar refractivity (Wildman–Crippen MR) is 47.0 cm³/mol. The van der Waals surface area contributed by atoms with Gasteiger partial charge in [0.1, 0.15) is 0 Å². The third kappa shape index (κ3) is 10.4. The van der Waals surface area contributed by atoms with E-state index >= 15 is 0 Å². The van der Waals surface area contributed by atoms with E-state index in [0.717, 1.165) is 0 Å². The molecule has 14 heavy (non-hydrogen) atoms. The normalized spacial score (nSPS) is 11.6. The Bertz CT molecular complexity index is 132. The van der Waals surface area contributed by atoms with E-state index in [1.807, 2.05) is 0 Å². The van der Waals surface area contributed by atoms with Crippen LogP contribution in [0.1, 0.15) is 43.4 Å². The Morgan fingerprint density at radius 3 is 1.21 bits per heavy atom. The second-order valence-corrected chi connectivity index (χ2v) is 4.20. The van der Waals surface area contributed by atoms with Crippen molar-refractivity contribution in [3.05, 3.63) is 0 Å². The fraction of sp³-hybridized carbons (Fsp3) is 1.00. The van der Waals surface area contributed by atoms with Crippen molar-refractivity contribution in [1.29, 1.82) is 0 Å². The largest absolute Gasteiger partial charge is 1.00 e. The Labute approximate surface area is 133 Å². The van der Waals surface area contributed by atoms with Gasteiger partial charge in [-0.15, -0.1) is 0 Å². The van der Waals surface area contributed by atoms with E-state index in [9.17, 15) is 0 Å². The van der Waals surface area contributed by atoms with Gasteiger partial charge >= 0.3 is 59.1 Å². The van der Waals surface area contributed by atoms with Crippen molar-refractivity contribution in [2.45, 2.75) is 51.7 Å². The van der Waals surface area contributed by atoms with Gasteiger partial charge in [0.15, 0.2) is 0 Å². The molecule has 0 aliphatic carbocycles. The number of hydrogen-bond donors (Lipinski definition) is 2. The van der Waals surface area contributed by atoms with Crippen LogP contribution >= 0.6 is 0 Å². The zero-order valence-electron chi connectivity index (χ0n) is 12.1. The van der Waals surface area contributed by atoms with Crippen molar-refractivity contribution < 1.29 is 82.3 Å². The van der Waals surface area contributed by atoms with Crippen molar-refractivity contribution in [3.63, 3.8) is 0 Å². The molecule has 0 aromatic heterocycles. The summed E-state index contributed by atoms with van der Waals surface area (Å²) in [6, 6.07) is 0. The van der Waals surface area contributed by atoms with E-state index < -0.39 is 11.2 Å². The summed E-state index contributed by atoms with van der Waals surface area (Å²) in [5, 5.41) is 16.9. The molecule has 0 saturated heterocycles. The van der Waals surface area contributed by atoms with Crippen LogP contribution in [0.2, 0.25) is 0 Å². The molecule has 0 aliphatic heterocycles. The zero-order valence-corrected chi connectivity index (χ0v) is 14.1. The van der Waals surface area contributed by atoms with E-state index in [2.05, 4.69) is 9.78 Å². The third-order valence-electron chi connectivity index (χ3n) is 1.82. The predicted octanol–water partition coefficient (Wildman–Crippen LogP) is -3.46. The Morgan fingerprint density at radius 2 is 1.07 bits per heavy atom. The first kappa shape index (κ1) is 21.2. The monoisotopic (exact) mass is 226 g/mol. The van der Waals surface area contributed by atoms with Gasteiger partial charge in [0, 0.05) is 0 Å². The SMILES string of the molecule is CC(C)(CCC(C)(C)OO)OO.[H-].[H-].[Na+].[Na+]. The fourth-order valence-electron chi connectivity index (χ4n) is 0.693. The van der Waals surface area contributed by atoms with E-state index in [-0.39, 0.29) is 62.0 Å². The number of rotatable bonds is 5. The van der Waals surface area contributed by atoms with Crippen LogP contribution in [0.4, 0.5) is 0 Å². The van der Waals surface area contributed by atoms with Crippen molar-refractivity contribution in [1.82, 2.24) is 0 Å². The van der Waals surface area contributed by atoms with Gasteiger partial charge in [0.05, 0.1) is 11.2 Å². The smallest absolute Gasteiger partial charge is 1.00 e. The van der Waals surface area contributed by atoms with Crippen LogP contribution < -0.4 is 59.1 Å². The molecule has 0 unspecified atom stereocenters. The average Bonchev–Trinajstić information content (AvgIpc) is 2.02. The van der Waals surface area contributed by atoms with Gasteiger partial charge in [-0.1, -0.05) is 0 Å². The van der Waals surface area contributed by atoms with E-state index in [1.54, 1.807) is 27.7 Å². The summed E-state index contributed by atoms with van der Waals surface area (Å²) in [7, 11) is 0. The molecule has 0 radical (unpaired) electrons. The van der Waals surface area contributed by atoms with Crippen LogP contribution in [0.15, 0.2) is 0 Å². The molecule has 0 aromatic rings. The molecule has 0 bridgehead atoms. The molecule has 0 rings (SSSR count). The second-order valence-electron chi connectivity index (χ2n) is 4.20. The molecular weight excluding hydrogens is 206 g/mol. The molecule has 0 heterocycles. The standard InChI is InChI=1S/C8H18O4.2Na.2H/c1-7(2,11-9)5-6-8(3,4)12-10;;;;/h9-10H,5-6H2,1-4H3;;;;/q;2*+1;2*-1. The summed E-state index contributed by atoms with van der Waals surface area (Å²) >= 11 is 0. The minimum Gasteiger partial charge on any atom is -1.00 e. The Hall–Kier alpha value is 1.84. The summed E-state index contributed by atoms with van der Waals surface area (Å²) in [5.41, 5.74) is -1.17. The molecule has 6 heteroatoms. The van der Waals surface area contributed by atoms with Crippen molar-refractivity contribution in [2.24, 2.45) is 0 Å². The molecule has 0 atom stereocenters. The van der Waals surface area contributed by atoms with Gasteiger partial charge in [0.25, 0.3) is 0 Å². The topological polar surface area (TPSA) is 58.9 Å². The first-order valence-corrected chi connectivity index (χ1v) is 3.98. The van der Waals surface area contributed by atoms with Crippen molar-refractivity contribution in [2.75, 3.05) is 0 Å². The minimum atomic E-state index is -0.587. The second kappa shape index (κ2) is 8.93. The molecule has 78 valence electrons. The summed E-state index contributed by atoms with van der Waals surface area (Å²) in [6.45, 7) is 7.06. The van der Waals surface area contributed by atoms with Gasteiger partial charge in [-0.2, -0.15) is 0 Å². The fourth-order valence-corrected chi connectivity index (χ4v) is 0.693. The van der Waals surface area contributed by atoms with Crippen LogP contribution in [-0.2, 0) is 9.78 Å². The zero-order chi connectivity index (χ0) is 9.83. The summed E-state index contributed by atoms with van der Waals surface area (Å²) in [4.78, 5) is 8.48. The van der Waals surface area contributed by atoms with Crippen LogP contribution in [0.5, 0.6) is 0 Å². The van der Waals surface area contributed by atoms with E-state index in [0.29, 0.717) is 12.8 Å². The summed E-state index contributed by atoms with van der Waals surface area (Å²) in [5.74, 6) is 0. The minimum absolute atomic E-state index is 0. The van der Waals surface area contributed by atoms with Crippen LogP contribution in [0.25, 0.3) is 0 Å². The van der Waals surface area contributed by atoms with Gasteiger partial charge in [-0.3, -0.25) is 10.5 Å². The molecule has 2 N–H and O–H groups in total. The van der Waals surface area contributed by atoms with Crippen molar-refractivity contribution in [3.8, 4) is 0 Å². The summed E-state index contributed by atoms with van der Waals surface area (Å²) in [6.07, 6.45) is 1.22. The van der Waals surface area contributed by atoms with Crippen LogP contribution in [0.3, 0.4) is 0 Å². The molecule has 0 fully saturated rings. The quantitative estimate of drug-likeness (QED) is 0.291. The van der Waals surface area contributed by atoms with Gasteiger partial charge in [-0.05, 0) is 40.5 Å². The Morgan fingerprint density at radius 1 is 0.857 bits per heavy atom. The molecule has 0 amide bonds. The maximum absolute atomic E-state index is 8.46. The molecular formula is C8H20Na2O4. The van der Waals surface area contributed by atoms with Crippen LogP contribution in [-0.4, -0.2) is 21.7 Å². The van der Waals surface area contributed by atoms with Gasteiger partial charge in [0.2, 0.25) is 0 Å². The Balaban J connectivity index is -0.000000101. The van der Waals surface area contributed by atoms with Crippen LogP contribution in [0, 0.1) is 0 Å². The number of hydrogen-bond acceptors (Lipinski definition) is 4. The third-order valence-corrected chi connectivity index (χ3v) is 1.82. The first-order valence-electron chi connectivity index (χ1n) is 3.98. The Kier molecular flexibility index (Phi) is 13.5. The average molecular weight is 226 g/mol. The molecule has 4 nitrogen and oxygen atoms in total. The maximum atomic E-state index is 8.46. The molecule has 0 saturated carbocycles. The molecule has 0 spiro atoms. The maximum Gasteiger partial charge on any atom is 1.00 e. The first-order chi connectivity index (χ1) is 5.33. The summed E-state index contributed by atoms with van der Waals surface area (Å²) < 4.78 is 0. The van der Waals surface area contributed by atoms with E-state index in [1.165, 1.54) is 0 Å². The van der Waals surface area contributed by atoms with Crippen molar-refractivity contribution >= 4 is 0 Å². The van der Waals surface area contributed by atoms with Gasteiger partial charge < -0.3 is 2.85 Å². The molecule has 0 aliphatic rings. The van der Waals surface area contributed by atoms with E-state index in [4.69, 9.17) is 10.5 Å². The van der Waals surface area contributed by atoms with Gasteiger partial charge in [-0.25, -0.2) is 9.78 Å².